The first-order valence-electron chi connectivity index (χ1n) is 3.55. The number of aromatic nitrogens is 2. The summed E-state index contributed by atoms with van der Waals surface area (Å²) in [6.07, 6.45) is 0. The highest BCUT2D eigenvalue weighted by Gasteiger charge is 2.03. The molecular formula is C8H7FN2S. The molecule has 0 bridgehead atoms. The van der Waals surface area contributed by atoms with Gasteiger partial charge in [-0.2, -0.15) is 0 Å². The van der Waals surface area contributed by atoms with E-state index in [1.165, 1.54) is 6.07 Å². The molecule has 62 valence electrons. The Hall–Kier alpha value is -1.16. The molecular weight excluding hydrogens is 175 g/mol. The predicted octanol–water partition coefficient (Wildman–Crippen LogP) is 2.67. The molecule has 0 radical (unpaired) electrons. The second-order valence-corrected chi connectivity index (χ2v) is 3.08. The highest BCUT2D eigenvalue weighted by atomic mass is 32.1. The third-order valence-electron chi connectivity index (χ3n) is 1.89. The molecule has 4 heteroatoms. The van der Waals surface area contributed by atoms with Gasteiger partial charge < -0.3 is 9.97 Å². The van der Waals surface area contributed by atoms with Crippen molar-refractivity contribution < 1.29 is 4.39 Å². The Balaban J connectivity index is 2.99. The number of hydrogen-bond donors (Lipinski definition) is 2. The fraction of sp³-hybridized carbons (Fsp3) is 0.125. The van der Waals surface area contributed by atoms with E-state index < -0.39 is 0 Å². The Bertz CT molecular complexity index is 483. The SMILES string of the molecule is Cc1c(F)ccc2[nH]c(=S)[nH]c12. The van der Waals surface area contributed by atoms with E-state index >= 15 is 0 Å². The molecule has 0 unspecified atom stereocenters. The Morgan fingerprint density at radius 3 is 2.83 bits per heavy atom. The smallest absolute Gasteiger partial charge is 0.175 e. The molecule has 0 fully saturated rings. The van der Waals surface area contributed by atoms with Crippen LogP contribution in [0.3, 0.4) is 0 Å². The van der Waals surface area contributed by atoms with Crippen molar-refractivity contribution in [2.45, 2.75) is 6.92 Å². The van der Waals surface area contributed by atoms with Gasteiger partial charge in [-0.25, -0.2) is 4.39 Å². The Labute approximate surface area is 73.4 Å². The summed E-state index contributed by atoms with van der Waals surface area (Å²) < 4.78 is 13.5. The van der Waals surface area contributed by atoms with Crippen molar-refractivity contribution in [3.8, 4) is 0 Å². The van der Waals surface area contributed by atoms with Gasteiger partial charge in [0.15, 0.2) is 4.77 Å². The average Bonchev–Trinajstić information content (AvgIpc) is 2.39. The van der Waals surface area contributed by atoms with Crippen LogP contribution in [-0.2, 0) is 0 Å². The summed E-state index contributed by atoms with van der Waals surface area (Å²) in [5.41, 5.74) is 2.19. The van der Waals surface area contributed by atoms with E-state index in [1.807, 2.05) is 0 Å². The van der Waals surface area contributed by atoms with Crippen molar-refractivity contribution in [1.82, 2.24) is 9.97 Å². The van der Waals surface area contributed by atoms with Crippen molar-refractivity contribution in [2.75, 3.05) is 0 Å². The van der Waals surface area contributed by atoms with Crippen molar-refractivity contribution in [3.63, 3.8) is 0 Å². The summed E-state index contributed by atoms with van der Waals surface area (Å²) in [6.45, 7) is 1.72. The van der Waals surface area contributed by atoms with Crippen LogP contribution in [0.4, 0.5) is 4.39 Å². The zero-order chi connectivity index (χ0) is 8.72. The molecule has 12 heavy (non-hydrogen) atoms. The number of hydrogen-bond acceptors (Lipinski definition) is 1. The van der Waals surface area contributed by atoms with Crippen LogP contribution in [0, 0.1) is 17.5 Å². The van der Waals surface area contributed by atoms with Crippen LogP contribution in [-0.4, -0.2) is 9.97 Å². The number of rotatable bonds is 0. The van der Waals surface area contributed by atoms with Gasteiger partial charge in [-0.15, -0.1) is 0 Å². The van der Waals surface area contributed by atoms with Gasteiger partial charge >= 0.3 is 0 Å². The molecule has 0 saturated carbocycles. The summed E-state index contributed by atoms with van der Waals surface area (Å²) in [5, 5.41) is 0. The summed E-state index contributed by atoms with van der Waals surface area (Å²) in [5.74, 6) is -0.215. The molecule has 0 atom stereocenters. The number of nitrogens with one attached hydrogen (secondary N) is 2. The number of imidazole rings is 1. The van der Waals surface area contributed by atoms with Gasteiger partial charge in [0, 0.05) is 5.56 Å². The highest BCUT2D eigenvalue weighted by molar-refractivity contribution is 7.71. The molecule has 0 aliphatic heterocycles. The lowest BCUT2D eigenvalue weighted by molar-refractivity contribution is 0.620. The van der Waals surface area contributed by atoms with Gasteiger partial charge in [-0.05, 0) is 31.3 Å². The molecule has 1 aromatic carbocycles. The standard InChI is InChI=1S/C8H7FN2S/c1-4-5(9)2-3-6-7(4)11-8(12)10-6/h2-3H,1H3,(H2,10,11,12). The van der Waals surface area contributed by atoms with Crippen molar-refractivity contribution in [2.24, 2.45) is 0 Å². The summed E-state index contributed by atoms with van der Waals surface area (Å²) >= 11 is 4.88. The molecule has 2 aromatic rings. The molecule has 1 heterocycles. The molecule has 0 aliphatic rings. The third kappa shape index (κ3) is 0.956. The van der Waals surface area contributed by atoms with E-state index in [0.29, 0.717) is 10.3 Å². The van der Waals surface area contributed by atoms with Gasteiger partial charge in [0.1, 0.15) is 5.82 Å². The topological polar surface area (TPSA) is 31.6 Å². The molecule has 0 aliphatic carbocycles. The van der Waals surface area contributed by atoms with E-state index in [4.69, 9.17) is 12.2 Å². The Morgan fingerprint density at radius 2 is 2.08 bits per heavy atom. The lowest BCUT2D eigenvalue weighted by atomic mass is 10.2. The van der Waals surface area contributed by atoms with Crippen molar-refractivity contribution in [3.05, 3.63) is 28.3 Å². The Morgan fingerprint density at radius 1 is 1.33 bits per heavy atom. The monoisotopic (exact) mass is 182 g/mol. The van der Waals surface area contributed by atoms with Crippen LogP contribution >= 0.6 is 12.2 Å². The first kappa shape index (κ1) is 7.49. The van der Waals surface area contributed by atoms with Crippen LogP contribution in [0.15, 0.2) is 12.1 Å². The first-order chi connectivity index (χ1) is 5.68. The van der Waals surface area contributed by atoms with Gasteiger partial charge in [-0.3, -0.25) is 0 Å². The quantitative estimate of drug-likeness (QED) is 0.603. The van der Waals surface area contributed by atoms with Gasteiger partial charge in [0.05, 0.1) is 11.0 Å². The van der Waals surface area contributed by atoms with Crippen LogP contribution in [0.25, 0.3) is 11.0 Å². The molecule has 2 rings (SSSR count). The maximum Gasteiger partial charge on any atom is 0.175 e. The van der Waals surface area contributed by atoms with Gasteiger partial charge in [-0.1, -0.05) is 0 Å². The largest absolute Gasteiger partial charge is 0.331 e. The first-order valence-corrected chi connectivity index (χ1v) is 3.96. The predicted molar refractivity (Wildman–Crippen MR) is 48.2 cm³/mol. The normalized spacial score (nSPS) is 10.8. The van der Waals surface area contributed by atoms with Crippen molar-refractivity contribution >= 4 is 23.3 Å². The van der Waals surface area contributed by atoms with Crippen LogP contribution < -0.4 is 0 Å². The molecule has 0 spiro atoms. The third-order valence-corrected chi connectivity index (χ3v) is 2.09. The lowest BCUT2D eigenvalue weighted by Crippen LogP contribution is -1.82. The number of aryl methyl sites for hydroxylation is 1. The van der Waals surface area contributed by atoms with Crippen molar-refractivity contribution in [1.29, 1.82) is 0 Å². The zero-order valence-electron chi connectivity index (χ0n) is 6.44. The molecule has 2 nitrogen and oxygen atoms in total. The molecule has 0 saturated heterocycles. The van der Waals surface area contributed by atoms with Gasteiger partial charge in [0.2, 0.25) is 0 Å². The number of fused-ring (bicyclic) bond motifs is 1. The van der Waals surface area contributed by atoms with Crippen LogP contribution in [0.5, 0.6) is 0 Å². The minimum atomic E-state index is -0.215. The minimum Gasteiger partial charge on any atom is -0.331 e. The minimum absolute atomic E-state index is 0.215. The summed E-state index contributed by atoms with van der Waals surface area (Å²) in [6, 6.07) is 3.10. The van der Waals surface area contributed by atoms with Crippen LogP contribution in [0.1, 0.15) is 5.56 Å². The average molecular weight is 182 g/mol. The molecule has 2 N–H and O–H groups in total. The number of benzene rings is 1. The lowest BCUT2D eigenvalue weighted by Gasteiger charge is -1.95. The van der Waals surface area contributed by atoms with E-state index in [0.717, 1.165) is 11.0 Å². The summed E-state index contributed by atoms with van der Waals surface area (Å²) in [7, 11) is 0. The maximum absolute atomic E-state index is 13.0. The van der Waals surface area contributed by atoms with E-state index in [2.05, 4.69) is 9.97 Å². The van der Waals surface area contributed by atoms with E-state index in [9.17, 15) is 4.39 Å². The van der Waals surface area contributed by atoms with E-state index in [-0.39, 0.29) is 5.82 Å². The van der Waals surface area contributed by atoms with E-state index in [1.54, 1.807) is 13.0 Å². The fourth-order valence-corrected chi connectivity index (χ4v) is 1.43. The number of H-pyrrole nitrogens is 2. The number of aromatic amines is 2. The molecule has 0 amide bonds. The second-order valence-electron chi connectivity index (χ2n) is 2.67. The molecule has 1 aromatic heterocycles. The second kappa shape index (κ2) is 2.42. The fourth-order valence-electron chi connectivity index (χ4n) is 1.22. The Kier molecular flexibility index (Phi) is 1.51. The highest BCUT2D eigenvalue weighted by Crippen LogP contribution is 2.17. The van der Waals surface area contributed by atoms with Crippen LogP contribution in [0.2, 0.25) is 0 Å². The zero-order valence-corrected chi connectivity index (χ0v) is 7.26. The number of halogens is 1. The maximum atomic E-state index is 13.0. The van der Waals surface area contributed by atoms with Gasteiger partial charge in [0.25, 0.3) is 0 Å². The summed E-state index contributed by atoms with van der Waals surface area (Å²) in [4.78, 5) is 5.81.